The molecule has 4 rings (SSSR count). The number of morpholine rings is 1. The van der Waals surface area contributed by atoms with Crippen LogP contribution in [0.3, 0.4) is 0 Å². The Bertz CT molecular complexity index is 1030. The Morgan fingerprint density at radius 2 is 2.00 bits per heavy atom. The number of aryl methyl sites for hydroxylation is 2. The summed E-state index contributed by atoms with van der Waals surface area (Å²) in [6.45, 7) is 7.09. The SMILES string of the molecule is Cc1noc(C)c1S(=O)(=O)N1CCCC(C(=O)NCc2ccc(N3CCOCC3)nc2)C1. The van der Waals surface area contributed by atoms with Gasteiger partial charge in [-0.2, -0.15) is 4.31 Å². The van der Waals surface area contributed by atoms with Crippen LogP contribution >= 0.6 is 0 Å². The fourth-order valence-corrected chi connectivity index (χ4v) is 6.00. The number of hydrogen-bond acceptors (Lipinski definition) is 8. The van der Waals surface area contributed by atoms with Crippen LogP contribution in [-0.2, 0) is 26.1 Å². The van der Waals surface area contributed by atoms with E-state index in [0.717, 1.165) is 24.5 Å². The molecule has 10 nitrogen and oxygen atoms in total. The number of hydrogen-bond donors (Lipinski definition) is 1. The number of ether oxygens (including phenoxy) is 1. The summed E-state index contributed by atoms with van der Waals surface area (Å²) in [5.74, 6) is 0.610. The first kappa shape index (κ1) is 22.7. The standard InChI is InChI=1S/C21H29N5O5S/c1-15-20(16(2)31-24-15)32(28,29)26-7-3-4-18(14-26)21(27)23-13-17-5-6-19(22-12-17)25-8-10-30-11-9-25/h5-6,12,18H,3-4,7-11,13-14H2,1-2H3,(H,23,27). The lowest BCUT2D eigenvalue weighted by atomic mass is 9.99. The molecule has 0 aromatic carbocycles. The summed E-state index contributed by atoms with van der Waals surface area (Å²) in [6, 6.07) is 3.90. The number of aromatic nitrogens is 2. The Hall–Kier alpha value is -2.50. The zero-order valence-corrected chi connectivity index (χ0v) is 19.2. The van der Waals surface area contributed by atoms with E-state index < -0.39 is 15.9 Å². The van der Waals surface area contributed by atoms with E-state index in [1.165, 1.54) is 4.31 Å². The number of rotatable bonds is 6. The number of nitrogens with one attached hydrogen (secondary N) is 1. The largest absolute Gasteiger partial charge is 0.378 e. The maximum atomic E-state index is 13.1. The number of sulfonamides is 1. The number of nitrogens with zero attached hydrogens (tertiary/aromatic N) is 4. The van der Waals surface area contributed by atoms with Crippen molar-refractivity contribution < 1.29 is 22.5 Å². The van der Waals surface area contributed by atoms with Crippen molar-refractivity contribution in [3.63, 3.8) is 0 Å². The van der Waals surface area contributed by atoms with Gasteiger partial charge in [0.25, 0.3) is 0 Å². The average molecular weight is 464 g/mol. The summed E-state index contributed by atoms with van der Waals surface area (Å²) < 4.78 is 37.9. The molecule has 0 bridgehead atoms. The summed E-state index contributed by atoms with van der Waals surface area (Å²) >= 11 is 0. The van der Waals surface area contributed by atoms with Crippen molar-refractivity contribution in [2.24, 2.45) is 5.92 Å². The van der Waals surface area contributed by atoms with Gasteiger partial charge in [0, 0.05) is 38.9 Å². The van der Waals surface area contributed by atoms with E-state index in [9.17, 15) is 13.2 Å². The third kappa shape index (κ3) is 4.79. The predicted molar refractivity (Wildman–Crippen MR) is 117 cm³/mol. The van der Waals surface area contributed by atoms with Crippen LogP contribution in [0.2, 0.25) is 0 Å². The second kappa shape index (κ2) is 9.55. The molecule has 32 heavy (non-hydrogen) atoms. The van der Waals surface area contributed by atoms with Crippen LogP contribution in [-0.4, -0.2) is 68.2 Å². The van der Waals surface area contributed by atoms with Gasteiger partial charge in [0.05, 0.1) is 19.1 Å². The first-order valence-corrected chi connectivity index (χ1v) is 12.3. The topological polar surface area (TPSA) is 118 Å². The molecule has 1 atom stereocenters. The zero-order chi connectivity index (χ0) is 22.7. The summed E-state index contributed by atoms with van der Waals surface area (Å²) in [7, 11) is -3.76. The first-order valence-electron chi connectivity index (χ1n) is 10.8. The van der Waals surface area contributed by atoms with Gasteiger partial charge in [0.1, 0.15) is 16.4 Å². The normalized spacial score (nSPS) is 20.3. The molecule has 2 fully saturated rings. The van der Waals surface area contributed by atoms with Crippen LogP contribution in [0.25, 0.3) is 0 Å². The fraction of sp³-hybridized carbons (Fsp3) is 0.571. The molecule has 0 saturated carbocycles. The number of piperidine rings is 1. The van der Waals surface area contributed by atoms with E-state index >= 15 is 0 Å². The molecule has 2 aliphatic heterocycles. The molecule has 4 heterocycles. The summed E-state index contributed by atoms with van der Waals surface area (Å²) in [5, 5.41) is 6.69. The van der Waals surface area contributed by atoms with Crippen molar-refractivity contribution in [3.8, 4) is 0 Å². The predicted octanol–water partition coefficient (Wildman–Crippen LogP) is 1.24. The Balaban J connectivity index is 1.34. The monoisotopic (exact) mass is 463 g/mol. The molecule has 2 aromatic heterocycles. The molecule has 2 aliphatic rings. The third-order valence-electron chi connectivity index (χ3n) is 5.93. The van der Waals surface area contributed by atoms with Crippen LogP contribution in [0.15, 0.2) is 27.7 Å². The fourth-order valence-electron chi connectivity index (χ4n) is 4.18. The molecule has 11 heteroatoms. The Morgan fingerprint density at radius 3 is 2.66 bits per heavy atom. The van der Waals surface area contributed by atoms with Gasteiger partial charge < -0.3 is 19.5 Å². The maximum absolute atomic E-state index is 13.1. The molecule has 1 amide bonds. The lowest BCUT2D eigenvalue weighted by Gasteiger charge is -2.31. The second-order valence-corrected chi connectivity index (χ2v) is 10.1. The third-order valence-corrected chi connectivity index (χ3v) is 8.04. The van der Waals surface area contributed by atoms with E-state index in [2.05, 4.69) is 20.4 Å². The van der Waals surface area contributed by atoms with Crippen molar-refractivity contribution in [2.75, 3.05) is 44.3 Å². The number of amides is 1. The minimum absolute atomic E-state index is 0.102. The van der Waals surface area contributed by atoms with Gasteiger partial charge in [-0.05, 0) is 38.3 Å². The molecule has 1 unspecified atom stereocenters. The van der Waals surface area contributed by atoms with Crippen LogP contribution in [0.4, 0.5) is 5.82 Å². The number of pyridine rings is 1. The van der Waals surface area contributed by atoms with Crippen molar-refractivity contribution in [1.82, 2.24) is 19.8 Å². The molecule has 174 valence electrons. The average Bonchev–Trinajstić information content (AvgIpc) is 3.17. The van der Waals surface area contributed by atoms with Crippen molar-refractivity contribution in [3.05, 3.63) is 35.3 Å². The van der Waals surface area contributed by atoms with E-state index in [4.69, 9.17) is 9.26 Å². The van der Waals surface area contributed by atoms with Crippen molar-refractivity contribution in [1.29, 1.82) is 0 Å². The van der Waals surface area contributed by atoms with Gasteiger partial charge in [-0.3, -0.25) is 4.79 Å². The van der Waals surface area contributed by atoms with Crippen LogP contribution in [0.5, 0.6) is 0 Å². The minimum Gasteiger partial charge on any atom is -0.378 e. The molecule has 0 aliphatic carbocycles. The molecular weight excluding hydrogens is 434 g/mol. The highest BCUT2D eigenvalue weighted by Crippen LogP contribution is 2.27. The van der Waals surface area contributed by atoms with E-state index in [1.54, 1.807) is 20.0 Å². The van der Waals surface area contributed by atoms with E-state index in [1.807, 2.05) is 12.1 Å². The molecule has 0 spiro atoms. The lowest BCUT2D eigenvalue weighted by Crippen LogP contribution is -2.45. The lowest BCUT2D eigenvalue weighted by molar-refractivity contribution is -0.126. The van der Waals surface area contributed by atoms with Crippen LogP contribution < -0.4 is 10.2 Å². The summed E-state index contributed by atoms with van der Waals surface area (Å²) in [6.07, 6.45) is 3.03. The quantitative estimate of drug-likeness (QED) is 0.680. The summed E-state index contributed by atoms with van der Waals surface area (Å²) in [5.41, 5.74) is 1.23. The van der Waals surface area contributed by atoms with E-state index in [-0.39, 0.29) is 23.1 Å². The Morgan fingerprint density at radius 1 is 1.22 bits per heavy atom. The zero-order valence-electron chi connectivity index (χ0n) is 18.4. The highest BCUT2D eigenvalue weighted by molar-refractivity contribution is 7.89. The van der Waals surface area contributed by atoms with Gasteiger partial charge in [-0.25, -0.2) is 13.4 Å². The van der Waals surface area contributed by atoms with Gasteiger partial charge >= 0.3 is 0 Å². The van der Waals surface area contributed by atoms with Crippen molar-refractivity contribution in [2.45, 2.75) is 38.1 Å². The van der Waals surface area contributed by atoms with E-state index in [0.29, 0.717) is 44.8 Å². The highest BCUT2D eigenvalue weighted by atomic mass is 32.2. The molecule has 2 saturated heterocycles. The summed E-state index contributed by atoms with van der Waals surface area (Å²) in [4.78, 5) is 19.5. The highest BCUT2D eigenvalue weighted by Gasteiger charge is 2.36. The van der Waals surface area contributed by atoms with Gasteiger partial charge in [-0.15, -0.1) is 0 Å². The smallest absolute Gasteiger partial charge is 0.248 e. The second-order valence-electron chi connectivity index (χ2n) is 8.20. The molecular formula is C21H29N5O5S. The van der Waals surface area contributed by atoms with Gasteiger partial charge in [0.15, 0.2) is 5.76 Å². The molecule has 0 radical (unpaired) electrons. The Kier molecular flexibility index (Phi) is 6.77. The van der Waals surface area contributed by atoms with Gasteiger partial charge in [0.2, 0.25) is 15.9 Å². The number of carbonyl (C=O) groups is 1. The van der Waals surface area contributed by atoms with Crippen LogP contribution in [0, 0.1) is 19.8 Å². The van der Waals surface area contributed by atoms with Gasteiger partial charge in [-0.1, -0.05) is 11.2 Å². The minimum atomic E-state index is -3.76. The Labute approximate surface area is 188 Å². The molecule has 2 aromatic rings. The first-order chi connectivity index (χ1) is 15.4. The molecule has 1 N–H and O–H groups in total. The maximum Gasteiger partial charge on any atom is 0.248 e. The number of carbonyl (C=O) groups excluding carboxylic acids is 1. The number of anilines is 1. The van der Waals surface area contributed by atoms with Crippen molar-refractivity contribution >= 4 is 21.7 Å². The van der Waals surface area contributed by atoms with Crippen LogP contribution in [0.1, 0.15) is 29.9 Å².